The summed E-state index contributed by atoms with van der Waals surface area (Å²) in [6.07, 6.45) is 25.5. The van der Waals surface area contributed by atoms with Crippen molar-refractivity contribution in [2.45, 2.75) is 193 Å². The molecule has 49 heavy (non-hydrogen) atoms. The predicted molar refractivity (Wildman–Crippen MR) is 198 cm³/mol. The van der Waals surface area contributed by atoms with Crippen LogP contribution in [0.3, 0.4) is 0 Å². The Balaban J connectivity index is 1.24. The third-order valence-corrected chi connectivity index (χ3v) is 17.6. The van der Waals surface area contributed by atoms with Gasteiger partial charge in [-0.15, -0.1) is 0 Å². The summed E-state index contributed by atoms with van der Waals surface area (Å²) in [4.78, 5) is 19.8. The monoisotopic (exact) mass is 664 g/mol. The summed E-state index contributed by atoms with van der Waals surface area (Å²) in [5, 5.41) is 0. The summed E-state index contributed by atoms with van der Waals surface area (Å²) < 4.78 is 2.95. The maximum absolute atomic E-state index is 13.7. The van der Waals surface area contributed by atoms with E-state index in [2.05, 4.69) is 62.0 Å². The first-order valence-corrected chi connectivity index (χ1v) is 21.7. The lowest BCUT2D eigenvalue weighted by molar-refractivity contribution is -0.125. The Bertz CT molecular complexity index is 1630. The molecule has 0 aromatic carbocycles. The molecule has 1 saturated carbocycles. The normalized spacial score (nSPS) is 44.1. The number of fused-ring (bicyclic) bond motifs is 4. The molecule has 0 radical (unpaired) electrons. The molecule has 7 aliphatic heterocycles. The zero-order valence-electron chi connectivity index (χ0n) is 31.8. The van der Waals surface area contributed by atoms with Crippen molar-refractivity contribution in [1.29, 1.82) is 0 Å². The number of Topliss-reactive ketones (excluding diaryl/α,β-unsaturated/α-hetero) is 1. The van der Waals surface area contributed by atoms with E-state index in [0.717, 1.165) is 30.2 Å². The SMILES string of the molecule is CCC(=O)[C@H]1CCC[C@@H]2CC3=C(C[C@H](CC)[C@@H]4C[C@H]5CCC=C6N5[C@]34[C@H]3[C@H](CC)[C@@H](C)[C@H](c4c(CC)c5n7c4CC[C@H]7CCC5)[C@@]63CC)N21. The number of piperidine rings is 1. The molecule has 9 aliphatic rings. The van der Waals surface area contributed by atoms with E-state index in [0.29, 0.717) is 42.0 Å². The molecule has 1 spiro atoms. The molecular weight excluding hydrogens is 599 g/mol. The number of carbonyl (C=O) groups excluding carboxylic acids is 1. The van der Waals surface area contributed by atoms with Gasteiger partial charge in [-0.3, -0.25) is 4.79 Å². The van der Waals surface area contributed by atoms with Gasteiger partial charge in [0.25, 0.3) is 0 Å². The molecule has 0 bridgehead atoms. The maximum Gasteiger partial charge on any atom is 0.154 e. The minimum absolute atomic E-state index is 0.127. The highest BCUT2D eigenvalue weighted by molar-refractivity contribution is 5.84. The van der Waals surface area contributed by atoms with Gasteiger partial charge in [0.2, 0.25) is 0 Å². The standard InChI is InChI=1S/C45H65N3O/c1-7-27-23-38-34(24-29-16-13-19-36(47(29)38)39(49)10-4)45-33(27)25-30-17-14-20-40(48(30)45)44(11-5)42(26(6)31(8-2)43(44)45)41-32(9-3)35-18-12-15-28-21-22-37(41)46(28)35/h20,26-31,33,36,42-43H,7-19,21-25H2,1-6H3/t26-,27+,28-,29-,30-,31-,33+,36-,42-,43+,44-,45+/m1/s1. The molecule has 12 atom stereocenters. The van der Waals surface area contributed by atoms with Crippen molar-refractivity contribution >= 4 is 5.78 Å². The van der Waals surface area contributed by atoms with E-state index >= 15 is 0 Å². The summed E-state index contributed by atoms with van der Waals surface area (Å²) in [7, 11) is 0. The second kappa shape index (κ2) is 11.0. The molecule has 8 heterocycles. The van der Waals surface area contributed by atoms with Gasteiger partial charge in [0.1, 0.15) is 0 Å². The van der Waals surface area contributed by atoms with Gasteiger partial charge in [0.05, 0.1) is 11.6 Å². The summed E-state index contributed by atoms with van der Waals surface area (Å²) in [5.74, 6) is 4.74. The van der Waals surface area contributed by atoms with E-state index in [4.69, 9.17) is 0 Å². The second-order valence-electron chi connectivity index (χ2n) is 18.6. The lowest BCUT2D eigenvalue weighted by Crippen LogP contribution is -2.57. The lowest BCUT2D eigenvalue weighted by Gasteiger charge is -2.53. The fourth-order valence-corrected chi connectivity index (χ4v) is 16.4. The third-order valence-electron chi connectivity index (χ3n) is 17.6. The second-order valence-corrected chi connectivity index (χ2v) is 18.6. The molecular formula is C45H65N3O. The fourth-order valence-electron chi connectivity index (χ4n) is 16.4. The van der Waals surface area contributed by atoms with Gasteiger partial charge in [-0.05, 0) is 137 Å². The van der Waals surface area contributed by atoms with Crippen LogP contribution in [0, 0.1) is 35.0 Å². The van der Waals surface area contributed by atoms with Crippen LogP contribution in [-0.4, -0.2) is 43.8 Å². The molecule has 1 aromatic rings. The Kier molecular flexibility index (Phi) is 7.14. The van der Waals surface area contributed by atoms with Gasteiger partial charge < -0.3 is 14.4 Å². The lowest BCUT2D eigenvalue weighted by atomic mass is 9.53. The molecule has 2 aliphatic carbocycles. The molecule has 3 saturated heterocycles. The van der Waals surface area contributed by atoms with Crippen LogP contribution in [0.4, 0.5) is 0 Å². The molecule has 266 valence electrons. The van der Waals surface area contributed by atoms with Crippen molar-refractivity contribution in [3.63, 3.8) is 0 Å². The number of ketones is 1. The van der Waals surface area contributed by atoms with Gasteiger partial charge in [-0.25, -0.2) is 0 Å². The van der Waals surface area contributed by atoms with E-state index in [-0.39, 0.29) is 17.0 Å². The van der Waals surface area contributed by atoms with Crippen LogP contribution >= 0.6 is 0 Å². The van der Waals surface area contributed by atoms with Crippen LogP contribution in [0.5, 0.6) is 0 Å². The average molecular weight is 664 g/mol. The summed E-state index contributed by atoms with van der Waals surface area (Å²) in [5.41, 5.74) is 13.0. The van der Waals surface area contributed by atoms with Crippen LogP contribution in [0.25, 0.3) is 0 Å². The van der Waals surface area contributed by atoms with Crippen LogP contribution in [0.1, 0.15) is 172 Å². The molecule has 0 N–H and O–H groups in total. The van der Waals surface area contributed by atoms with E-state index in [9.17, 15) is 4.79 Å². The highest BCUT2D eigenvalue weighted by Gasteiger charge is 2.80. The van der Waals surface area contributed by atoms with E-state index in [1.807, 2.05) is 16.8 Å². The van der Waals surface area contributed by atoms with Crippen molar-refractivity contribution in [3.8, 4) is 0 Å². The first kappa shape index (κ1) is 31.7. The first-order valence-electron chi connectivity index (χ1n) is 21.7. The van der Waals surface area contributed by atoms with Crippen molar-refractivity contribution < 1.29 is 4.79 Å². The minimum atomic E-state index is 0.127. The van der Waals surface area contributed by atoms with E-state index < -0.39 is 0 Å². The number of hydrogen-bond donors (Lipinski definition) is 0. The smallest absolute Gasteiger partial charge is 0.154 e. The van der Waals surface area contributed by atoms with Crippen molar-refractivity contribution in [3.05, 3.63) is 45.6 Å². The minimum Gasteiger partial charge on any atom is -0.361 e. The van der Waals surface area contributed by atoms with Gasteiger partial charge >= 0.3 is 0 Å². The molecule has 0 unspecified atom stereocenters. The van der Waals surface area contributed by atoms with Gasteiger partial charge in [0, 0.05) is 64.6 Å². The summed E-state index contributed by atoms with van der Waals surface area (Å²) >= 11 is 0. The van der Waals surface area contributed by atoms with Gasteiger partial charge in [0.15, 0.2) is 5.78 Å². The van der Waals surface area contributed by atoms with E-state index in [1.165, 1.54) is 103 Å². The Morgan fingerprint density at radius 3 is 2.49 bits per heavy atom. The topological polar surface area (TPSA) is 28.5 Å². The number of aromatic nitrogens is 1. The zero-order valence-corrected chi connectivity index (χ0v) is 31.8. The Labute approximate surface area is 297 Å². The number of allylic oxidation sites excluding steroid dienone is 3. The molecule has 1 aromatic heterocycles. The quantitative estimate of drug-likeness (QED) is 0.291. The number of rotatable bonds is 7. The van der Waals surface area contributed by atoms with Crippen molar-refractivity contribution in [1.82, 2.24) is 14.4 Å². The van der Waals surface area contributed by atoms with Gasteiger partial charge in [-0.1, -0.05) is 60.5 Å². The van der Waals surface area contributed by atoms with Gasteiger partial charge in [-0.2, -0.15) is 0 Å². The first-order chi connectivity index (χ1) is 23.9. The third kappa shape index (κ3) is 3.57. The summed E-state index contributed by atoms with van der Waals surface area (Å²) in [6.45, 7) is 15.1. The molecule has 4 nitrogen and oxygen atoms in total. The van der Waals surface area contributed by atoms with Crippen molar-refractivity contribution in [2.24, 2.45) is 35.0 Å². The summed E-state index contributed by atoms with van der Waals surface area (Å²) in [6, 6.07) is 2.15. The van der Waals surface area contributed by atoms with Crippen molar-refractivity contribution in [2.75, 3.05) is 0 Å². The van der Waals surface area contributed by atoms with E-state index in [1.54, 1.807) is 22.6 Å². The Morgan fingerprint density at radius 1 is 0.898 bits per heavy atom. The molecule has 0 amide bonds. The zero-order chi connectivity index (χ0) is 33.6. The Hall–Kier alpha value is -1.97. The van der Waals surface area contributed by atoms with Crippen LogP contribution in [0.15, 0.2) is 23.0 Å². The Morgan fingerprint density at radius 2 is 1.73 bits per heavy atom. The van der Waals surface area contributed by atoms with Crippen LogP contribution in [-0.2, 0) is 24.1 Å². The average Bonchev–Trinajstić information content (AvgIpc) is 3.95. The molecule has 10 rings (SSSR count). The highest BCUT2D eigenvalue weighted by atomic mass is 16.1. The molecule has 4 fully saturated rings. The van der Waals surface area contributed by atoms with Crippen LogP contribution in [0.2, 0.25) is 0 Å². The fraction of sp³-hybridized carbons (Fsp3) is 0.800. The largest absolute Gasteiger partial charge is 0.361 e. The number of nitrogens with zero attached hydrogens (tertiary/aromatic N) is 3. The highest BCUT2D eigenvalue weighted by Crippen LogP contribution is 2.81. The maximum atomic E-state index is 13.7. The number of carbonyl (C=O) groups is 1. The van der Waals surface area contributed by atoms with Crippen LogP contribution < -0.4 is 0 Å². The molecule has 4 heteroatoms. The predicted octanol–water partition coefficient (Wildman–Crippen LogP) is 10.1. The number of hydrogen-bond acceptors (Lipinski definition) is 3.